The lowest BCUT2D eigenvalue weighted by atomic mass is 9.82. The summed E-state index contributed by atoms with van der Waals surface area (Å²) in [4.78, 5) is 0. The molecule has 2 rings (SSSR count). The zero-order chi connectivity index (χ0) is 14.3. The maximum absolute atomic E-state index is 3.69. The third kappa shape index (κ3) is 3.00. The second kappa shape index (κ2) is 5.14. The minimum absolute atomic E-state index is 0.223. The van der Waals surface area contributed by atoms with Gasteiger partial charge in [0.05, 0.1) is 0 Å². The van der Waals surface area contributed by atoms with Gasteiger partial charge in [-0.2, -0.15) is 0 Å². The van der Waals surface area contributed by atoms with Crippen molar-refractivity contribution in [1.29, 1.82) is 0 Å². The van der Waals surface area contributed by atoms with Crippen molar-refractivity contribution in [3.63, 3.8) is 0 Å². The van der Waals surface area contributed by atoms with E-state index in [-0.39, 0.29) is 10.2 Å². The lowest BCUT2D eigenvalue weighted by molar-refractivity contribution is 0.448. The van der Waals surface area contributed by atoms with E-state index in [0.717, 1.165) is 12.3 Å². The highest BCUT2D eigenvalue weighted by atomic mass is 32.2. The largest absolute Gasteiger partial charge is 0.309 e. The molecule has 0 radical (unpaired) electrons. The van der Waals surface area contributed by atoms with E-state index in [2.05, 4.69) is 76.8 Å². The summed E-state index contributed by atoms with van der Waals surface area (Å²) < 4.78 is 0.263. The number of hydrogen-bond donors (Lipinski definition) is 1. The Hall–Kier alpha value is -0.470. The van der Waals surface area contributed by atoms with E-state index in [1.807, 2.05) is 0 Å². The Morgan fingerprint density at radius 1 is 1.32 bits per heavy atom. The third-order valence-corrected chi connectivity index (χ3v) is 5.46. The molecule has 0 bridgehead atoms. The van der Waals surface area contributed by atoms with Gasteiger partial charge in [-0.1, -0.05) is 45.9 Å². The average Bonchev–Trinajstić information content (AvgIpc) is 2.31. The Bertz CT molecular complexity index is 457. The van der Waals surface area contributed by atoms with E-state index >= 15 is 0 Å². The Morgan fingerprint density at radius 3 is 2.58 bits per heavy atom. The summed E-state index contributed by atoms with van der Waals surface area (Å²) in [5.74, 6) is 1.13. The summed E-state index contributed by atoms with van der Waals surface area (Å²) in [5.41, 5.74) is 4.68. The molecule has 2 heteroatoms. The molecule has 1 N–H and O–H groups in total. The second-order valence-electron chi connectivity index (χ2n) is 7.05. The third-order valence-electron chi connectivity index (χ3n) is 4.03. The molecule has 19 heavy (non-hydrogen) atoms. The van der Waals surface area contributed by atoms with Crippen molar-refractivity contribution in [2.45, 2.75) is 63.5 Å². The van der Waals surface area contributed by atoms with Crippen molar-refractivity contribution >= 4 is 11.8 Å². The molecular weight excluding hydrogens is 250 g/mol. The maximum Gasteiger partial charge on any atom is 0.0467 e. The van der Waals surface area contributed by atoms with E-state index in [0.29, 0.717) is 6.04 Å². The van der Waals surface area contributed by atoms with Crippen LogP contribution in [0.25, 0.3) is 0 Å². The van der Waals surface area contributed by atoms with Crippen molar-refractivity contribution in [2.75, 3.05) is 6.54 Å². The highest BCUT2D eigenvalue weighted by Crippen LogP contribution is 2.46. The van der Waals surface area contributed by atoms with Crippen LogP contribution in [0.4, 0.5) is 0 Å². The van der Waals surface area contributed by atoms with Crippen molar-refractivity contribution < 1.29 is 0 Å². The highest BCUT2D eigenvalue weighted by Gasteiger charge is 2.36. The summed E-state index contributed by atoms with van der Waals surface area (Å²) in [7, 11) is 0. The molecule has 0 saturated carbocycles. The quantitative estimate of drug-likeness (QED) is 0.844. The van der Waals surface area contributed by atoms with Crippen LogP contribution in [0.3, 0.4) is 0 Å². The van der Waals surface area contributed by atoms with Crippen LogP contribution in [-0.4, -0.2) is 11.3 Å². The SMILES string of the molecule is CCNC1c2cc(C(C)(C)C)ccc2CSC1(C)C. The minimum Gasteiger partial charge on any atom is -0.309 e. The fourth-order valence-corrected chi connectivity index (χ4v) is 3.91. The van der Waals surface area contributed by atoms with Gasteiger partial charge in [-0.3, -0.25) is 0 Å². The first-order valence-electron chi connectivity index (χ1n) is 7.26. The van der Waals surface area contributed by atoms with Gasteiger partial charge in [0.15, 0.2) is 0 Å². The number of benzene rings is 1. The molecule has 1 nitrogen and oxygen atoms in total. The Labute approximate surface area is 122 Å². The van der Waals surface area contributed by atoms with Gasteiger partial charge in [-0.25, -0.2) is 0 Å². The van der Waals surface area contributed by atoms with Gasteiger partial charge in [0.1, 0.15) is 0 Å². The zero-order valence-electron chi connectivity index (χ0n) is 13.1. The summed E-state index contributed by atoms with van der Waals surface area (Å²) in [5, 5.41) is 3.69. The van der Waals surface area contributed by atoms with Gasteiger partial charge in [-0.05, 0) is 42.5 Å². The fraction of sp³-hybridized carbons (Fsp3) is 0.647. The van der Waals surface area contributed by atoms with Crippen LogP contribution in [0.15, 0.2) is 18.2 Å². The van der Waals surface area contributed by atoms with Crippen LogP contribution in [0.2, 0.25) is 0 Å². The average molecular weight is 277 g/mol. The molecule has 1 atom stereocenters. The molecular formula is C17H27NS. The fourth-order valence-electron chi connectivity index (χ4n) is 2.74. The van der Waals surface area contributed by atoms with E-state index in [1.165, 1.54) is 16.7 Å². The predicted molar refractivity (Wildman–Crippen MR) is 86.9 cm³/mol. The molecule has 0 saturated heterocycles. The highest BCUT2D eigenvalue weighted by molar-refractivity contribution is 8.00. The van der Waals surface area contributed by atoms with Crippen molar-refractivity contribution in [3.05, 3.63) is 34.9 Å². The summed E-state index contributed by atoms with van der Waals surface area (Å²) in [6.45, 7) is 14.8. The Balaban J connectivity index is 2.48. The van der Waals surface area contributed by atoms with Gasteiger partial charge < -0.3 is 5.32 Å². The van der Waals surface area contributed by atoms with E-state index in [1.54, 1.807) is 0 Å². The smallest absolute Gasteiger partial charge is 0.0467 e. The van der Waals surface area contributed by atoms with Crippen LogP contribution in [0.5, 0.6) is 0 Å². The molecule has 1 aromatic rings. The lowest BCUT2D eigenvalue weighted by Gasteiger charge is -2.40. The number of nitrogens with one attached hydrogen (secondary N) is 1. The molecule has 1 aliphatic rings. The molecule has 1 unspecified atom stereocenters. The summed E-state index contributed by atoms with van der Waals surface area (Å²) in [6.07, 6.45) is 0. The van der Waals surface area contributed by atoms with E-state index in [4.69, 9.17) is 0 Å². The molecule has 0 spiro atoms. The summed E-state index contributed by atoms with van der Waals surface area (Å²) in [6, 6.07) is 7.53. The number of hydrogen-bond acceptors (Lipinski definition) is 2. The maximum atomic E-state index is 3.69. The summed E-state index contributed by atoms with van der Waals surface area (Å²) >= 11 is 2.06. The molecule has 1 aliphatic heterocycles. The monoisotopic (exact) mass is 277 g/mol. The predicted octanol–water partition coefficient (Wildman–Crippen LogP) is 4.66. The minimum atomic E-state index is 0.223. The van der Waals surface area contributed by atoms with Crippen molar-refractivity contribution in [3.8, 4) is 0 Å². The molecule has 0 amide bonds. The topological polar surface area (TPSA) is 12.0 Å². The number of thioether (sulfide) groups is 1. The van der Waals surface area contributed by atoms with Gasteiger partial charge >= 0.3 is 0 Å². The van der Waals surface area contributed by atoms with Gasteiger partial charge in [0, 0.05) is 16.5 Å². The van der Waals surface area contributed by atoms with Gasteiger partial charge in [0.25, 0.3) is 0 Å². The first-order valence-corrected chi connectivity index (χ1v) is 8.25. The van der Waals surface area contributed by atoms with Crippen molar-refractivity contribution in [1.82, 2.24) is 5.32 Å². The molecule has 0 fully saturated rings. The molecule has 1 heterocycles. The molecule has 106 valence electrons. The second-order valence-corrected chi connectivity index (χ2v) is 8.68. The van der Waals surface area contributed by atoms with Crippen LogP contribution < -0.4 is 5.32 Å². The first-order chi connectivity index (χ1) is 8.75. The van der Waals surface area contributed by atoms with E-state index in [9.17, 15) is 0 Å². The van der Waals surface area contributed by atoms with Crippen LogP contribution >= 0.6 is 11.8 Å². The first kappa shape index (κ1) is 14.9. The number of rotatable bonds is 2. The number of fused-ring (bicyclic) bond motifs is 1. The standard InChI is InChI=1S/C17H27NS/c1-7-18-15-14-10-13(16(2,3)4)9-8-12(14)11-19-17(15,5)6/h8-10,15,18H,7,11H2,1-6H3. The Morgan fingerprint density at radius 2 is 2.00 bits per heavy atom. The zero-order valence-corrected chi connectivity index (χ0v) is 13.9. The van der Waals surface area contributed by atoms with Crippen molar-refractivity contribution in [2.24, 2.45) is 0 Å². The normalized spacial score (nSPS) is 22.1. The van der Waals surface area contributed by atoms with Crippen LogP contribution in [-0.2, 0) is 11.2 Å². The van der Waals surface area contributed by atoms with Crippen LogP contribution in [0, 0.1) is 0 Å². The van der Waals surface area contributed by atoms with E-state index < -0.39 is 0 Å². The molecule has 0 aliphatic carbocycles. The van der Waals surface area contributed by atoms with Gasteiger partial charge in [0.2, 0.25) is 0 Å². The Kier molecular flexibility index (Phi) is 4.04. The molecule has 1 aromatic carbocycles. The van der Waals surface area contributed by atoms with Crippen LogP contribution in [0.1, 0.15) is 64.3 Å². The molecule has 0 aromatic heterocycles. The van der Waals surface area contributed by atoms with Gasteiger partial charge in [-0.15, -0.1) is 11.8 Å². The lowest BCUT2D eigenvalue weighted by Crippen LogP contribution is -2.40.